The molecule has 0 aromatic heterocycles. The van der Waals surface area contributed by atoms with Gasteiger partial charge in [-0.2, -0.15) is 0 Å². The van der Waals surface area contributed by atoms with Crippen LogP contribution in [-0.2, 0) is 4.79 Å². The molecule has 0 spiro atoms. The van der Waals surface area contributed by atoms with Gasteiger partial charge in [0.15, 0.2) is 6.29 Å². The minimum atomic E-state index is -0.0785. The van der Waals surface area contributed by atoms with Crippen LogP contribution in [0.4, 0.5) is 0 Å². The second kappa shape index (κ2) is 5.18. The van der Waals surface area contributed by atoms with Gasteiger partial charge in [-0.15, -0.1) is 0 Å². The van der Waals surface area contributed by atoms with E-state index >= 15 is 0 Å². The van der Waals surface area contributed by atoms with E-state index in [1.54, 1.807) is 30.3 Å². The van der Waals surface area contributed by atoms with E-state index in [0.717, 1.165) is 6.29 Å². The molecule has 1 aromatic rings. The Hall–Kier alpha value is -1.23. The van der Waals surface area contributed by atoms with Crippen molar-refractivity contribution in [3.8, 4) is 5.75 Å². The molecule has 1 aromatic carbocycles. The molecule has 1 heterocycles. The molecule has 96 valence electrons. The standard InChI is InChI=1S/C12H12Cl2N2O2/c1-7-9(6-17)12(16(2)15-7)18-8-3-4-10(13)11(14)5-8/h3-7,15H,1-2H3. The fraction of sp³-hybridized carbons (Fsp3) is 0.250. The molecule has 1 aliphatic rings. The maximum absolute atomic E-state index is 11.0. The topological polar surface area (TPSA) is 41.6 Å². The molecule has 1 aliphatic heterocycles. The molecule has 0 radical (unpaired) electrons. The van der Waals surface area contributed by atoms with Crippen molar-refractivity contribution in [2.75, 3.05) is 7.05 Å². The average Bonchev–Trinajstić information content (AvgIpc) is 2.58. The van der Waals surface area contributed by atoms with Gasteiger partial charge in [-0.1, -0.05) is 23.2 Å². The van der Waals surface area contributed by atoms with Gasteiger partial charge in [-0.25, -0.2) is 5.43 Å². The fourth-order valence-corrected chi connectivity index (χ4v) is 2.02. The Morgan fingerprint density at radius 3 is 2.72 bits per heavy atom. The third kappa shape index (κ3) is 2.46. The second-order valence-corrected chi connectivity index (χ2v) is 4.78. The highest BCUT2D eigenvalue weighted by molar-refractivity contribution is 6.42. The molecule has 0 bridgehead atoms. The summed E-state index contributed by atoms with van der Waals surface area (Å²) in [6.45, 7) is 1.88. The molecule has 1 atom stereocenters. The molecule has 1 N–H and O–H groups in total. The second-order valence-electron chi connectivity index (χ2n) is 3.97. The molecule has 0 saturated carbocycles. The van der Waals surface area contributed by atoms with E-state index in [2.05, 4.69) is 5.43 Å². The smallest absolute Gasteiger partial charge is 0.218 e. The molecule has 0 fully saturated rings. The van der Waals surface area contributed by atoms with Crippen LogP contribution in [0.5, 0.6) is 5.75 Å². The molecule has 0 aliphatic carbocycles. The van der Waals surface area contributed by atoms with Crippen molar-refractivity contribution in [2.45, 2.75) is 13.0 Å². The van der Waals surface area contributed by atoms with Crippen molar-refractivity contribution in [1.29, 1.82) is 0 Å². The number of benzene rings is 1. The van der Waals surface area contributed by atoms with E-state index in [4.69, 9.17) is 27.9 Å². The summed E-state index contributed by atoms with van der Waals surface area (Å²) in [7, 11) is 1.78. The van der Waals surface area contributed by atoms with Crippen LogP contribution in [0.3, 0.4) is 0 Å². The summed E-state index contributed by atoms with van der Waals surface area (Å²) in [5.74, 6) is 0.998. The Kier molecular flexibility index (Phi) is 3.80. The van der Waals surface area contributed by atoms with Crippen LogP contribution in [0.2, 0.25) is 10.0 Å². The summed E-state index contributed by atoms with van der Waals surface area (Å²) >= 11 is 11.7. The van der Waals surface area contributed by atoms with Crippen molar-refractivity contribution in [3.63, 3.8) is 0 Å². The normalized spacial score (nSPS) is 19.3. The number of hydrogen-bond donors (Lipinski definition) is 1. The number of hydrazine groups is 1. The average molecular weight is 287 g/mol. The number of nitrogens with one attached hydrogen (secondary N) is 1. The number of ether oxygens (including phenoxy) is 1. The zero-order valence-electron chi connectivity index (χ0n) is 9.91. The van der Waals surface area contributed by atoms with Crippen LogP contribution in [0.1, 0.15) is 6.92 Å². The predicted molar refractivity (Wildman–Crippen MR) is 70.5 cm³/mol. The van der Waals surface area contributed by atoms with Gasteiger partial charge in [-0.3, -0.25) is 9.80 Å². The molecule has 1 unspecified atom stereocenters. The lowest BCUT2D eigenvalue weighted by molar-refractivity contribution is -0.105. The lowest BCUT2D eigenvalue weighted by atomic mass is 10.2. The highest BCUT2D eigenvalue weighted by atomic mass is 35.5. The summed E-state index contributed by atoms with van der Waals surface area (Å²) in [5, 5.41) is 2.53. The van der Waals surface area contributed by atoms with Crippen LogP contribution < -0.4 is 10.2 Å². The Bertz CT molecular complexity index is 517. The monoisotopic (exact) mass is 286 g/mol. The molecule has 6 heteroatoms. The van der Waals surface area contributed by atoms with Gasteiger partial charge in [-0.05, 0) is 19.1 Å². The molecule has 0 saturated heterocycles. The van der Waals surface area contributed by atoms with Crippen molar-refractivity contribution in [2.24, 2.45) is 0 Å². The number of carbonyl (C=O) groups is 1. The van der Waals surface area contributed by atoms with Gasteiger partial charge in [0.25, 0.3) is 0 Å². The maximum Gasteiger partial charge on any atom is 0.218 e. The van der Waals surface area contributed by atoms with Crippen LogP contribution >= 0.6 is 23.2 Å². The van der Waals surface area contributed by atoms with Crippen molar-refractivity contribution < 1.29 is 9.53 Å². The molecular formula is C12H12Cl2N2O2. The molecule has 4 nitrogen and oxygen atoms in total. The van der Waals surface area contributed by atoms with Gasteiger partial charge in [0.05, 0.1) is 21.7 Å². The maximum atomic E-state index is 11.0. The number of aldehydes is 1. The van der Waals surface area contributed by atoms with Crippen LogP contribution in [-0.4, -0.2) is 24.4 Å². The first-order chi connectivity index (χ1) is 8.52. The fourth-order valence-electron chi connectivity index (χ4n) is 1.73. The predicted octanol–water partition coefficient (Wildman–Crippen LogP) is 2.62. The quantitative estimate of drug-likeness (QED) is 0.868. The van der Waals surface area contributed by atoms with Crippen molar-refractivity contribution in [1.82, 2.24) is 10.4 Å². The van der Waals surface area contributed by atoms with E-state index in [1.165, 1.54) is 0 Å². The SMILES string of the molecule is CC1NN(C)C(Oc2ccc(Cl)c(Cl)c2)=C1C=O. The van der Waals surface area contributed by atoms with Crippen molar-refractivity contribution in [3.05, 3.63) is 39.7 Å². The van der Waals surface area contributed by atoms with Gasteiger partial charge >= 0.3 is 0 Å². The molecule has 2 rings (SSSR count). The van der Waals surface area contributed by atoms with Gasteiger partial charge < -0.3 is 4.74 Å². The summed E-state index contributed by atoms with van der Waals surface area (Å²) in [4.78, 5) is 11.0. The van der Waals surface area contributed by atoms with E-state index < -0.39 is 0 Å². The number of carbonyl (C=O) groups excluding carboxylic acids is 1. The summed E-state index contributed by atoms with van der Waals surface area (Å²) in [6.07, 6.45) is 0.786. The van der Waals surface area contributed by atoms with Crippen molar-refractivity contribution >= 4 is 29.5 Å². The molecule has 0 amide bonds. The van der Waals surface area contributed by atoms with E-state index in [-0.39, 0.29) is 6.04 Å². The van der Waals surface area contributed by atoms with Gasteiger partial charge in [0.1, 0.15) is 5.75 Å². The van der Waals surface area contributed by atoms with Crippen LogP contribution in [0, 0.1) is 0 Å². The Morgan fingerprint density at radius 2 is 2.11 bits per heavy atom. The first-order valence-electron chi connectivity index (χ1n) is 5.35. The van der Waals surface area contributed by atoms with Gasteiger partial charge in [0, 0.05) is 13.1 Å². The summed E-state index contributed by atoms with van der Waals surface area (Å²) in [6, 6.07) is 4.87. The zero-order chi connectivity index (χ0) is 13.3. The minimum Gasteiger partial charge on any atom is -0.439 e. The summed E-state index contributed by atoms with van der Waals surface area (Å²) in [5.41, 5.74) is 3.62. The number of hydrogen-bond acceptors (Lipinski definition) is 4. The number of halogens is 2. The zero-order valence-corrected chi connectivity index (χ0v) is 11.4. The lowest BCUT2D eigenvalue weighted by Gasteiger charge is -2.17. The first kappa shape index (κ1) is 13.2. The minimum absolute atomic E-state index is 0.0785. The molecule has 18 heavy (non-hydrogen) atoms. The van der Waals surface area contributed by atoms with E-state index in [1.807, 2.05) is 6.92 Å². The third-order valence-corrected chi connectivity index (χ3v) is 3.38. The van der Waals surface area contributed by atoms with E-state index in [9.17, 15) is 4.79 Å². The Labute approximate surface area is 115 Å². The Balaban J connectivity index is 2.29. The van der Waals surface area contributed by atoms with Crippen LogP contribution in [0.25, 0.3) is 0 Å². The largest absolute Gasteiger partial charge is 0.439 e. The highest BCUT2D eigenvalue weighted by Crippen LogP contribution is 2.29. The lowest BCUT2D eigenvalue weighted by Crippen LogP contribution is -2.33. The first-order valence-corrected chi connectivity index (χ1v) is 6.10. The van der Waals surface area contributed by atoms with Gasteiger partial charge in [0.2, 0.25) is 5.88 Å². The van der Waals surface area contributed by atoms with Crippen LogP contribution in [0.15, 0.2) is 29.7 Å². The molecular weight excluding hydrogens is 275 g/mol. The number of rotatable bonds is 3. The van der Waals surface area contributed by atoms with E-state index in [0.29, 0.717) is 27.3 Å². The highest BCUT2D eigenvalue weighted by Gasteiger charge is 2.27. The summed E-state index contributed by atoms with van der Waals surface area (Å²) < 4.78 is 5.67. The Morgan fingerprint density at radius 1 is 1.39 bits per heavy atom. The third-order valence-electron chi connectivity index (χ3n) is 2.64. The number of nitrogens with zero attached hydrogens (tertiary/aromatic N) is 1.